The van der Waals surface area contributed by atoms with Crippen LogP contribution in [0.25, 0.3) is 10.8 Å². The summed E-state index contributed by atoms with van der Waals surface area (Å²) in [4.78, 5) is 14.1. The minimum absolute atomic E-state index is 0.129. The fourth-order valence-corrected chi connectivity index (χ4v) is 3.42. The van der Waals surface area contributed by atoms with Gasteiger partial charge in [-0.1, -0.05) is 36.8 Å². The Morgan fingerprint density at radius 3 is 2.77 bits per heavy atom. The highest BCUT2D eigenvalue weighted by Gasteiger charge is 2.13. The van der Waals surface area contributed by atoms with E-state index in [0.29, 0.717) is 13.2 Å². The van der Waals surface area contributed by atoms with Crippen molar-refractivity contribution in [3.63, 3.8) is 0 Å². The maximum absolute atomic E-state index is 11.7. The highest BCUT2D eigenvalue weighted by Crippen LogP contribution is 2.28. The number of hydrogen-bond acceptors (Lipinski definition) is 4. The van der Waals surface area contributed by atoms with Crippen LogP contribution in [0.1, 0.15) is 31.2 Å². The lowest BCUT2D eigenvalue weighted by Gasteiger charge is -2.26. The number of hydrogen-bond donors (Lipinski definition) is 1. The van der Waals surface area contributed by atoms with E-state index in [-0.39, 0.29) is 12.3 Å². The molecule has 1 heterocycles. The van der Waals surface area contributed by atoms with Crippen molar-refractivity contribution in [1.29, 1.82) is 5.26 Å². The number of fused-ring (bicyclic) bond motifs is 1. The second-order valence-electron chi connectivity index (χ2n) is 6.63. The summed E-state index contributed by atoms with van der Waals surface area (Å²) < 4.78 is 6.08. The SMILES string of the molecule is N#CCC(=O)NCc1c(OCCN2CCCCC2)ccc2ccccc12. The molecule has 1 amide bonds. The Morgan fingerprint density at radius 1 is 1.15 bits per heavy atom. The molecule has 0 saturated carbocycles. The zero-order valence-corrected chi connectivity index (χ0v) is 15.0. The Bertz CT molecular complexity index is 791. The van der Waals surface area contributed by atoms with Crippen LogP contribution in [0, 0.1) is 11.3 Å². The number of carbonyl (C=O) groups is 1. The maximum atomic E-state index is 11.7. The number of rotatable bonds is 7. The predicted octanol–water partition coefficient (Wildman–Crippen LogP) is 3.23. The Labute approximate surface area is 154 Å². The molecule has 26 heavy (non-hydrogen) atoms. The third kappa shape index (κ3) is 4.74. The van der Waals surface area contributed by atoms with Gasteiger partial charge in [0.2, 0.25) is 5.91 Å². The van der Waals surface area contributed by atoms with Gasteiger partial charge in [0.05, 0.1) is 6.07 Å². The predicted molar refractivity (Wildman–Crippen MR) is 102 cm³/mol. The van der Waals surface area contributed by atoms with Gasteiger partial charge in [0.15, 0.2) is 0 Å². The van der Waals surface area contributed by atoms with E-state index < -0.39 is 0 Å². The summed E-state index contributed by atoms with van der Waals surface area (Å²) in [6, 6.07) is 14.0. The smallest absolute Gasteiger partial charge is 0.234 e. The molecule has 3 rings (SSSR count). The van der Waals surface area contributed by atoms with E-state index in [4.69, 9.17) is 10.00 Å². The molecule has 0 radical (unpaired) electrons. The largest absolute Gasteiger partial charge is 0.492 e. The van der Waals surface area contributed by atoms with Gasteiger partial charge in [-0.2, -0.15) is 5.26 Å². The van der Waals surface area contributed by atoms with E-state index in [9.17, 15) is 4.79 Å². The van der Waals surface area contributed by atoms with E-state index in [1.165, 1.54) is 19.3 Å². The molecule has 0 unspecified atom stereocenters. The number of nitriles is 1. The topological polar surface area (TPSA) is 65.4 Å². The van der Waals surface area contributed by atoms with Crippen LogP contribution < -0.4 is 10.1 Å². The summed E-state index contributed by atoms with van der Waals surface area (Å²) in [5.74, 6) is 0.540. The number of likely N-dealkylation sites (tertiary alicyclic amines) is 1. The second-order valence-corrected chi connectivity index (χ2v) is 6.63. The molecule has 1 saturated heterocycles. The summed E-state index contributed by atoms with van der Waals surface area (Å²) >= 11 is 0. The molecular formula is C21H25N3O2. The van der Waals surface area contributed by atoms with Gasteiger partial charge in [0, 0.05) is 18.7 Å². The minimum Gasteiger partial charge on any atom is -0.492 e. The molecule has 0 atom stereocenters. The van der Waals surface area contributed by atoms with Crippen LogP contribution in [-0.2, 0) is 11.3 Å². The fraction of sp³-hybridized carbons (Fsp3) is 0.429. The molecule has 1 aliphatic rings. The highest BCUT2D eigenvalue weighted by molar-refractivity contribution is 5.88. The van der Waals surface area contributed by atoms with Crippen molar-refractivity contribution in [2.75, 3.05) is 26.2 Å². The number of benzene rings is 2. The van der Waals surface area contributed by atoms with Gasteiger partial charge < -0.3 is 10.1 Å². The van der Waals surface area contributed by atoms with Crippen LogP contribution in [0.5, 0.6) is 5.75 Å². The zero-order chi connectivity index (χ0) is 18.2. The van der Waals surface area contributed by atoms with E-state index in [2.05, 4.69) is 10.2 Å². The van der Waals surface area contributed by atoms with Crippen LogP contribution >= 0.6 is 0 Å². The first kappa shape index (κ1) is 18.2. The average molecular weight is 351 g/mol. The second kappa shape index (κ2) is 9.21. The summed E-state index contributed by atoms with van der Waals surface area (Å²) in [6.07, 6.45) is 3.74. The van der Waals surface area contributed by atoms with Crippen LogP contribution in [0.15, 0.2) is 36.4 Å². The third-order valence-electron chi connectivity index (χ3n) is 4.81. The van der Waals surface area contributed by atoms with E-state index in [0.717, 1.165) is 41.7 Å². The first-order valence-electron chi connectivity index (χ1n) is 9.27. The molecule has 2 aromatic rings. The van der Waals surface area contributed by atoms with Crippen molar-refractivity contribution >= 4 is 16.7 Å². The number of ether oxygens (including phenoxy) is 1. The standard InChI is InChI=1S/C21H25N3O2/c22-11-10-21(25)23-16-19-18-7-3-2-6-17(18)8-9-20(19)26-15-14-24-12-4-1-5-13-24/h2-3,6-9H,1,4-5,10,12-16H2,(H,23,25). The number of amides is 1. The Hall–Kier alpha value is -2.58. The van der Waals surface area contributed by atoms with Crippen molar-refractivity contribution in [3.05, 3.63) is 42.0 Å². The average Bonchev–Trinajstić information content (AvgIpc) is 2.68. The number of carbonyl (C=O) groups excluding carboxylic acids is 1. The molecule has 5 heteroatoms. The summed E-state index contributed by atoms with van der Waals surface area (Å²) in [6.45, 7) is 4.22. The molecule has 1 aliphatic heterocycles. The first-order chi connectivity index (χ1) is 12.8. The Kier molecular flexibility index (Phi) is 6.45. The van der Waals surface area contributed by atoms with Gasteiger partial charge in [-0.05, 0) is 42.8 Å². The third-order valence-corrected chi connectivity index (χ3v) is 4.81. The Morgan fingerprint density at radius 2 is 1.96 bits per heavy atom. The van der Waals surface area contributed by atoms with E-state index in [1.807, 2.05) is 42.5 Å². The van der Waals surface area contributed by atoms with E-state index >= 15 is 0 Å². The van der Waals surface area contributed by atoms with Gasteiger partial charge in [-0.25, -0.2) is 0 Å². The minimum atomic E-state index is -0.264. The molecule has 0 aromatic heterocycles. The van der Waals surface area contributed by atoms with Crippen molar-refractivity contribution in [2.45, 2.75) is 32.2 Å². The van der Waals surface area contributed by atoms with Gasteiger partial charge >= 0.3 is 0 Å². The van der Waals surface area contributed by atoms with Crippen molar-refractivity contribution in [2.24, 2.45) is 0 Å². The normalized spacial score (nSPS) is 14.7. The van der Waals surface area contributed by atoms with Gasteiger partial charge in [0.1, 0.15) is 18.8 Å². The monoisotopic (exact) mass is 351 g/mol. The number of nitrogens with zero attached hydrogens (tertiary/aromatic N) is 2. The number of piperidine rings is 1. The lowest BCUT2D eigenvalue weighted by atomic mass is 10.0. The first-order valence-corrected chi connectivity index (χ1v) is 9.27. The molecular weight excluding hydrogens is 326 g/mol. The zero-order valence-electron chi connectivity index (χ0n) is 15.0. The quantitative estimate of drug-likeness (QED) is 0.832. The summed E-state index contributed by atoms with van der Waals surface area (Å²) in [5, 5.41) is 13.7. The molecule has 1 fully saturated rings. The van der Waals surface area contributed by atoms with Crippen LogP contribution in [0.4, 0.5) is 0 Å². The van der Waals surface area contributed by atoms with Crippen LogP contribution in [-0.4, -0.2) is 37.0 Å². The lowest BCUT2D eigenvalue weighted by molar-refractivity contribution is -0.120. The van der Waals surface area contributed by atoms with Crippen molar-refractivity contribution in [3.8, 4) is 11.8 Å². The molecule has 0 spiro atoms. The summed E-state index contributed by atoms with van der Waals surface area (Å²) in [5.41, 5.74) is 0.966. The molecule has 0 bridgehead atoms. The Balaban J connectivity index is 1.71. The van der Waals surface area contributed by atoms with Crippen molar-refractivity contribution in [1.82, 2.24) is 10.2 Å². The molecule has 2 aromatic carbocycles. The van der Waals surface area contributed by atoms with Crippen LogP contribution in [0.2, 0.25) is 0 Å². The lowest BCUT2D eigenvalue weighted by Crippen LogP contribution is -2.33. The number of nitrogens with one attached hydrogen (secondary N) is 1. The van der Waals surface area contributed by atoms with Crippen LogP contribution in [0.3, 0.4) is 0 Å². The van der Waals surface area contributed by atoms with Gasteiger partial charge in [-0.15, -0.1) is 0 Å². The molecule has 1 N–H and O–H groups in total. The highest BCUT2D eigenvalue weighted by atomic mass is 16.5. The molecule has 5 nitrogen and oxygen atoms in total. The molecule has 0 aliphatic carbocycles. The van der Waals surface area contributed by atoms with Crippen molar-refractivity contribution < 1.29 is 9.53 Å². The molecule has 136 valence electrons. The summed E-state index contributed by atoms with van der Waals surface area (Å²) in [7, 11) is 0. The van der Waals surface area contributed by atoms with Gasteiger partial charge in [0.25, 0.3) is 0 Å². The van der Waals surface area contributed by atoms with E-state index in [1.54, 1.807) is 0 Å². The maximum Gasteiger partial charge on any atom is 0.234 e. The fourth-order valence-electron chi connectivity index (χ4n) is 3.42. The van der Waals surface area contributed by atoms with Gasteiger partial charge in [-0.3, -0.25) is 9.69 Å².